The zero-order chi connectivity index (χ0) is 18.5. The van der Waals surface area contributed by atoms with Gasteiger partial charge < -0.3 is 10.1 Å². The third-order valence-electron chi connectivity index (χ3n) is 3.52. The van der Waals surface area contributed by atoms with Gasteiger partial charge in [0.2, 0.25) is 0 Å². The number of halogens is 2. The van der Waals surface area contributed by atoms with Crippen molar-refractivity contribution in [3.8, 4) is 23.1 Å². The number of ether oxygens (including phenoxy) is 1. The first-order chi connectivity index (χ1) is 12.6. The quantitative estimate of drug-likeness (QED) is 0.524. The fourth-order valence-corrected chi connectivity index (χ4v) is 3.35. The number of nitrogens with one attached hydrogen (secondary N) is 1. The molecule has 0 saturated heterocycles. The number of benzene rings is 2. The lowest BCUT2D eigenvalue weighted by Crippen LogP contribution is -1.92. The molecule has 1 N–H and O–H groups in total. The molecule has 0 amide bonds. The number of nitrogens with zero attached hydrogens (tertiary/aromatic N) is 2. The summed E-state index contributed by atoms with van der Waals surface area (Å²) in [6.45, 7) is 0. The number of thiazole rings is 1. The third-order valence-corrected chi connectivity index (χ3v) is 4.96. The van der Waals surface area contributed by atoms with Gasteiger partial charge >= 0.3 is 0 Å². The Bertz CT molecular complexity index is 1010. The van der Waals surface area contributed by atoms with E-state index in [1.54, 1.807) is 31.5 Å². The van der Waals surface area contributed by atoms with Crippen LogP contribution in [0.1, 0.15) is 5.01 Å². The Kier molecular flexibility index (Phi) is 5.79. The van der Waals surface area contributed by atoms with Crippen LogP contribution in [0, 0.1) is 11.3 Å². The maximum atomic E-state index is 9.47. The molecule has 130 valence electrons. The molecule has 1 heterocycles. The van der Waals surface area contributed by atoms with E-state index in [1.807, 2.05) is 29.6 Å². The van der Waals surface area contributed by atoms with Gasteiger partial charge in [0.15, 0.2) is 0 Å². The predicted molar refractivity (Wildman–Crippen MR) is 108 cm³/mol. The first kappa shape index (κ1) is 18.3. The molecule has 3 aromatic rings. The number of hydrogen-bond donors (Lipinski definition) is 1. The van der Waals surface area contributed by atoms with Crippen LogP contribution < -0.4 is 10.1 Å². The van der Waals surface area contributed by atoms with E-state index in [9.17, 15) is 5.26 Å². The standard InChI is InChI=1S/C19H13Cl2N3OS/c1-25-15-4-2-3-12(7-15)18-11-26-19(24-18)13(9-22)10-23-17-8-14(20)5-6-16(17)21/h2-8,10-11,23H,1H3/b13-10+. The number of methoxy groups -OCH3 is 1. The lowest BCUT2D eigenvalue weighted by Gasteiger charge is -2.04. The molecule has 0 unspecified atom stereocenters. The number of anilines is 1. The van der Waals surface area contributed by atoms with Gasteiger partial charge in [-0.05, 0) is 30.3 Å². The van der Waals surface area contributed by atoms with E-state index in [0.717, 1.165) is 17.0 Å². The topological polar surface area (TPSA) is 57.9 Å². The van der Waals surface area contributed by atoms with E-state index in [1.165, 1.54) is 11.3 Å². The lowest BCUT2D eigenvalue weighted by molar-refractivity contribution is 0.415. The molecule has 2 aromatic carbocycles. The van der Waals surface area contributed by atoms with Gasteiger partial charge in [-0.25, -0.2) is 4.98 Å². The van der Waals surface area contributed by atoms with Crippen LogP contribution in [0.2, 0.25) is 10.0 Å². The van der Waals surface area contributed by atoms with Crippen molar-refractivity contribution >= 4 is 45.8 Å². The summed E-state index contributed by atoms with van der Waals surface area (Å²) in [7, 11) is 1.62. The van der Waals surface area contributed by atoms with Gasteiger partial charge in [0.1, 0.15) is 22.4 Å². The van der Waals surface area contributed by atoms with E-state index < -0.39 is 0 Å². The molecule has 3 rings (SSSR count). The summed E-state index contributed by atoms with van der Waals surface area (Å²) in [5.74, 6) is 0.755. The Morgan fingerprint density at radius 3 is 2.88 bits per heavy atom. The van der Waals surface area contributed by atoms with Gasteiger partial charge in [0, 0.05) is 22.2 Å². The minimum absolute atomic E-state index is 0.403. The second-order valence-electron chi connectivity index (χ2n) is 5.21. The van der Waals surface area contributed by atoms with Crippen molar-refractivity contribution in [2.24, 2.45) is 0 Å². The highest BCUT2D eigenvalue weighted by molar-refractivity contribution is 7.11. The normalized spacial score (nSPS) is 11.1. The molecular formula is C19H13Cl2N3OS. The summed E-state index contributed by atoms with van der Waals surface area (Å²) in [5, 5.41) is 16.1. The molecule has 0 aliphatic carbocycles. The fourth-order valence-electron chi connectivity index (χ4n) is 2.21. The summed E-state index contributed by atoms with van der Waals surface area (Å²) in [4.78, 5) is 4.55. The van der Waals surface area contributed by atoms with E-state index in [0.29, 0.717) is 26.3 Å². The van der Waals surface area contributed by atoms with Crippen LogP contribution in [0.15, 0.2) is 54.0 Å². The second-order valence-corrected chi connectivity index (χ2v) is 6.91. The number of allylic oxidation sites excluding steroid dienone is 1. The van der Waals surface area contributed by atoms with Crippen molar-refractivity contribution in [1.29, 1.82) is 5.26 Å². The summed E-state index contributed by atoms with van der Waals surface area (Å²) >= 11 is 13.5. The SMILES string of the molecule is COc1cccc(-c2csc(/C(C#N)=C/Nc3cc(Cl)ccc3Cl)n2)c1. The zero-order valence-corrected chi connectivity index (χ0v) is 16.0. The molecule has 0 aliphatic heterocycles. The summed E-state index contributed by atoms with van der Waals surface area (Å²) in [6, 6.07) is 14.9. The van der Waals surface area contributed by atoms with Gasteiger partial charge in [0.25, 0.3) is 0 Å². The Morgan fingerprint density at radius 1 is 1.27 bits per heavy atom. The highest BCUT2D eigenvalue weighted by Crippen LogP contribution is 2.29. The molecule has 1 aromatic heterocycles. The van der Waals surface area contributed by atoms with Gasteiger partial charge in [-0.15, -0.1) is 11.3 Å². The highest BCUT2D eigenvalue weighted by atomic mass is 35.5. The number of aromatic nitrogens is 1. The van der Waals surface area contributed by atoms with Crippen molar-refractivity contribution in [1.82, 2.24) is 4.98 Å². The molecule has 0 saturated carbocycles. The average molecular weight is 402 g/mol. The second kappa shape index (κ2) is 8.24. The molecule has 7 heteroatoms. The Labute approximate surface area is 165 Å². The van der Waals surface area contributed by atoms with Crippen molar-refractivity contribution < 1.29 is 4.74 Å². The Balaban J connectivity index is 1.86. The molecule has 0 fully saturated rings. The van der Waals surface area contributed by atoms with Crippen molar-refractivity contribution in [3.05, 3.63) is 69.1 Å². The van der Waals surface area contributed by atoms with Crippen molar-refractivity contribution in [3.63, 3.8) is 0 Å². The highest BCUT2D eigenvalue weighted by Gasteiger charge is 2.10. The van der Waals surface area contributed by atoms with Crippen LogP contribution in [0.4, 0.5) is 5.69 Å². The first-order valence-electron chi connectivity index (χ1n) is 7.53. The van der Waals surface area contributed by atoms with Gasteiger partial charge in [-0.2, -0.15) is 5.26 Å². The predicted octanol–water partition coefficient (Wildman–Crippen LogP) is 6.10. The first-order valence-corrected chi connectivity index (χ1v) is 9.16. The molecule has 4 nitrogen and oxygen atoms in total. The minimum atomic E-state index is 0.403. The van der Waals surface area contributed by atoms with Crippen molar-refractivity contribution in [2.75, 3.05) is 12.4 Å². The lowest BCUT2D eigenvalue weighted by atomic mass is 10.1. The number of hydrogen-bond acceptors (Lipinski definition) is 5. The van der Waals surface area contributed by atoms with Crippen LogP contribution in [0.3, 0.4) is 0 Å². The van der Waals surface area contributed by atoms with Gasteiger partial charge in [-0.1, -0.05) is 35.3 Å². The van der Waals surface area contributed by atoms with Crippen LogP contribution in [0.25, 0.3) is 16.8 Å². The van der Waals surface area contributed by atoms with Gasteiger partial charge in [0.05, 0.1) is 23.5 Å². The molecule has 0 bridgehead atoms. The number of nitriles is 1. The van der Waals surface area contributed by atoms with Crippen LogP contribution in [0.5, 0.6) is 5.75 Å². The molecular weight excluding hydrogens is 389 g/mol. The monoisotopic (exact) mass is 401 g/mol. The van der Waals surface area contributed by atoms with Crippen LogP contribution in [-0.4, -0.2) is 12.1 Å². The third kappa shape index (κ3) is 4.17. The van der Waals surface area contributed by atoms with Gasteiger partial charge in [-0.3, -0.25) is 0 Å². The molecule has 26 heavy (non-hydrogen) atoms. The maximum absolute atomic E-state index is 9.47. The average Bonchev–Trinajstić information content (AvgIpc) is 3.15. The fraction of sp³-hybridized carbons (Fsp3) is 0.0526. The smallest absolute Gasteiger partial charge is 0.136 e. The molecule has 0 atom stereocenters. The largest absolute Gasteiger partial charge is 0.497 e. The Hall–Kier alpha value is -2.52. The molecule has 0 radical (unpaired) electrons. The van der Waals surface area contributed by atoms with E-state index in [4.69, 9.17) is 27.9 Å². The zero-order valence-electron chi connectivity index (χ0n) is 13.7. The summed E-state index contributed by atoms with van der Waals surface area (Å²) in [5.41, 5.74) is 2.73. The maximum Gasteiger partial charge on any atom is 0.136 e. The van der Waals surface area contributed by atoms with Crippen LogP contribution >= 0.6 is 34.5 Å². The van der Waals surface area contributed by atoms with Crippen molar-refractivity contribution in [2.45, 2.75) is 0 Å². The Morgan fingerprint density at radius 2 is 2.12 bits per heavy atom. The minimum Gasteiger partial charge on any atom is -0.497 e. The summed E-state index contributed by atoms with van der Waals surface area (Å²) < 4.78 is 5.24. The van der Waals surface area contributed by atoms with Crippen LogP contribution in [-0.2, 0) is 0 Å². The van der Waals surface area contributed by atoms with E-state index in [2.05, 4.69) is 16.4 Å². The summed E-state index contributed by atoms with van der Waals surface area (Å²) in [6.07, 6.45) is 1.58. The van der Waals surface area contributed by atoms with E-state index >= 15 is 0 Å². The molecule has 0 aliphatic rings. The van der Waals surface area contributed by atoms with E-state index in [-0.39, 0.29) is 0 Å². The number of rotatable bonds is 5. The molecule has 0 spiro atoms.